The first-order chi connectivity index (χ1) is 5.72. The Kier molecular flexibility index (Phi) is 6.64. The fourth-order valence-electron chi connectivity index (χ4n) is 0.816. The summed E-state index contributed by atoms with van der Waals surface area (Å²) >= 11 is 0. The third kappa shape index (κ3) is 5.06. The SMILES string of the molecule is NCCCCC(N)C(=O)OCN. The van der Waals surface area contributed by atoms with E-state index in [9.17, 15) is 4.79 Å². The van der Waals surface area contributed by atoms with E-state index in [4.69, 9.17) is 17.2 Å². The Morgan fingerprint density at radius 2 is 2.00 bits per heavy atom. The Morgan fingerprint density at radius 1 is 1.33 bits per heavy atom. The van der Waals surface area contributed by atoms with Gasteiger partial charge < -0.3 is 16.2 Å². The van der Waals surface area contributed by atoms with Crippen molar-refractivity contribution in [1.82, 2.24) is 0 Å². The second kappa shape index (κ2) is 7.02. The highest BCUT2D eigenvalue weighted by Crippen LogP contribution is 1.99. The predicted molar refractivity (Wildman–Crippen MR) is 46.0 cm³/mol. The minimum Gasteiger partial charge on any atom is -0.449 e. The second-order valence-corrected chi connectivity index (χ2v) is 2.52. The molecule has 1 atom stereocenters. The first kappa shape index (κ1) is 11.4. The largest absolute Gasteiger partial charge is 0.449 e. The monoisotopic (exact) mass is 175 g/mol. The first-order valence-corrected chi connectivity index (χ1v) is 4.04. The third-order valence-corrected chi connectivity index (χ3v) is 1.50. The van der Waals surface area contributed by atoms with Gasteiger partial charge in [-0.15, -0.1) is 0 Å². The van der Waals surface area contributed by atoms with E-state index in [1.54, 1.807) is 0 Å². The molecule has 0 aromatic carbocycles. The number of carbonyl (C=O) groups is 1. The van der Waals surface area contributed by atoms with E-state index in [1.165, 1.54) is 0 Å². The second-order valence-electron chi connectivity index (χ2n) is 2.52. The summed E-state index contributed by atoms with van der Waals surface area (Å²) in [5.41, 5.74) is 15.7. The molecule has 0 saturated heterocycles. The number of ether oxygens (including phenoxy) is 1. The average Bonchev–Trinajstić information content (AvgIpc) is 2.05. The van der Waals surface area contributed by atoms with E-state index >= 15 is 0 Å². The molecule has 6 N–H and O–H groups in total. The standard InChI is InChI=1S/C7H17N3O2/c8-4-2-1-3-6(10)7(11)12-5-9/h6H,1-5,8-10H2. The fraction of sp³-hybridized carbons (Fsp3) is 0.857. The zero-order valence-corrected chi connectivity index (χ0v) is 7.16. The van der Waals surface area contributed by atoms with Crippen LogP contribution in [0.15, 0.2) is 0 Å². The quantitative estimate of drug-likeness (QED) is 0.270. The first-order valence-electron chi connectivity index (χ1n) is 4.04. The van der Waals surface area contributed by atoms with Gasteiger partial charge in [0, 0.05) is 0 Å². The van der Waals surface area contributed by atoms with Crippen molar-refractivity contribution >= 4 is 5.97 Å². The van der Waals surface area contributed by atoms with Crippen molar-refractivity contribution in [2.75, 3.05) is 13.3 Å². The Morgan fingerprint density at radius 3 is 2.50 bits per heavy atom. The van der Waals surface area contributed by atoms with E-state index in [0.29, 0.717) is 13.0 Å². The van der Waals surface area contributed by atoms with Gasteiger partial charge in [-0.05, 0) is 19.4 Å². The highest BCUT2D eigenvalue weighted by Gasteiger charge is 2.12. The lowest BCUT2D eigenvalue weighted by Gasteiger charge is -2.08. The summed E-state index contributed by atoms with van der Waals surface area (Å²) in [6.45, 7) is 0.516. The van der Waals surface area contributed by atoms with E-state index in [2.05, 4.69) is 4.74 Å². The number of esters is 1. The van der Waals surface area contributed by atoms with Crippen molar-refractivity contribution < 1.29 is 9.53 Å². The van der Waals surface area contributed by atoms with Crippen LogP contribution in [0.5, 0.6) is 0 Å². The summed E-state index contributed by atoms with van der Waals surface area (Å²) in [6, 6.07) is -0.555. The summed E-state index contributed by atoms with van der Waals surface area (Å²) in [5.74, 6) is -0.436. The normalized spacial score (nSPS) is 12.6. The molecule has 0 aliphatic rings. The fourth-order valence-corrected chi connectivity index (χ4v) is 0.816. The van der Waals surface area contributed by atoms with Crippen LogP contribution in [0.4, 0.5) is 0 Å². The average molecular weight is 175 g/mol. The highest BCUT2D eigenvalue weighted by atomic mass is 16.5. The van der Waals surface area contributed by atoms with Crippen LogP contribution in [0.2, 0.25) is 0 Å². The molecular formula is C7H17N3O2. The van der Waals surface area contributed by atoms with E-state index < -0.39 is 12.0 Å². The molecule has 0 heterocycles. The number of nitrogens with two attached hydrogens (primary N) is 3. The lowest BCUT2D eigenvalue weighted by Crippen LogP contribution is -2.33. The molecule has 0 amide bonds. The maximum atomic E-state index is 10.9. The van der Waals surface area contributed by atoms with Crippen molar-refractivity contribution in [2.45, 2.75) is 25.3 Å². The molecule has 0 fully saturated rings. The van der Waals surface area contributed by atoms with E-state index in [-0.39, 0.29) is 6.73 Å². The van der Waals surface area contributed by atoms with E-state index in [1.807, 2.05) is 0 Å². The molecule has 0 aliphatic heterocycles. The zero-order valence-electron chi connectivity index (χ0n) is 7.16. The molecule has 1 unspecified atom stereocenters. The van der Waals surface area contributed by atoms with Gasteiger partial charge >= 0.3 is 5.97 Å². The Hall–Kier alpha value is -0.650. The van der Waals surface area contributed by atoms with Gasteiger partial charge in [0.25, 0.3) is 0 Å². The van der Waals surface area contributed by atoms with Crippen molar-refractivity contribution in [1.29, 1.82) is 0 Å². The van der Waals surface area contributed by atoms with Crippen molar-refractivity contribution in [3.63, 3.8) is 0 Å². The van der Waals surface area contributed by atoms with Crippen LogP contribution in [0, 0.1) is 0 Å². The number of unbranched alkanes of at least 4 members (excludes halogenated alkanes) is 1. The Balaban J connectivity index is 3.42. The molecule has 5 nitrogen and oxygen atoms in total. The molecule has 0 radical (unpaired) electrons. The highest BCUT2D eigenvalue weighted by molar-refractivity contribution is 5.75. The van der Waals surface area contributed by atoms with Gasteiger partial charge in [-0.1, -0.05) is 6.42 Å². The van der Waals surface area contributed by atoms with Gasteiger partial charge in [-0.25, -0.2) is 0 Å². The lowest BCUT2D eigenvalue weighted by molar-refractivity contribution is -0.145. The molecule has 0 rings (SSSR count). The van der Waals surface area contributed by atoms with Crippen LogP contribution in [-0.2, 0) is 9.53 Å². The Labute approximate surface area is 72.2 Å². The molecule has 0 aliphatic carbocycles. The van der Waals surface area contributed by atoms with Crippen molar-refractivity contribution in [3.8, 4) is 0 Å². The van der Waals surface area contributed by atoms with E-state index in [0.717, 1.165) is 12.8 Å². The molecule has 72 valence electrons. The Bertz CT molecular complexity index is 130. The maximum Gasteiger partial charge on any atom is 0.324 e. The zero-order chi connectivity index (χ0) is 9.40. The molecule has 5 heteroatoms. The topological polar surface area (TPSA) is 104 Å². The van der Waals surface area contributed by atoms with Crippen LogP contribution in [-0.4, -0.2) is 25.3 Å². The molecule has 0 aromatic rings. The third-order valence-electron chi connectivity index (χ3n) is 1.50. The van der Waals surface area contributed by atoms with Crippen molar-refractivity contribution in [2.24, 2.45) is 17.2 Å². The van der Waals surface area contributed by atoms with Crippen LogP contribution >= 0.6 is 0 Å². The summed E-state index contributed by atoms with van der Waals surface area (Å²) in [4.78, 5) is 10.9. The minimum atomic E-state index is -0.555. The molecule has 0 aromatic heterocycles. The van der Waals surface area contributed by atoms with Gasteiger partial charge in [-0.3, -0.25) is 10.5 Å². The van der Waals surface area contributed by atoms with Crippen LogP contribution in [0.3, 0.4) is 0 Å². The number of hydrogen-bond acceptors (Lipinski definition) is 5. The molecular weight excluding hydrogens is 158 g/mol. The number of carbonyl (C=O) groups excluding carboxylic acids is 1. The lowest BCUT2D eigenvalue weighted by atomic mass is 10.1. The predicted octanol–water partition coefficient (Wildman–Crippen LogP) is -1.10. The van der Waals surface area contributed by atoms with Gasteiger partial charge in [-0.2, -0.15) is 0 Å². The summed E-state index contributed by atoms with van der Waals surface area (Å²) in [5, 5.41) is 0. The number of rotatable bonds is 6. The van der Waals surface area contributed by atoms with Crippen molar-refractivity contribution in [3.05, 3.63) is 0 Å². The van der Waals surface area contributed by atoms with Gasteiger partial charge in [0.15, 0.2) is 0 Å². The van der Waals surface area contributed by atoms with Crippen LogP contribution < -0.4 is 17.2 Å². The van der Waals surface area contributed by atoms with Gasteiger partial charge in [0.1, 0.15) is 12.8 Å². The molecule has 12 heavy (non-hydrogen) atoms. The molecule has 0 saturated carbocycles. The maximum absolute atomic E-state index is 10.9. The van der Waals surface area contributed by atoms with Crippen LogP contribution in [0.1, 0.15) is 19.3 Å². The smallest absolute Gasteiger partial charge is 0.324 e. The van der Waals surface area contributed by atoms with Gasteiger partial charge in [0.05, 0.1) is 0 Å². The summed E-state index contributed by atoms with van der Waals surface area (Å²) in [6.07, 6.45) is 2.33. The van der Waals surface area contributed by atoms with Gasteiger partial charge in [0.2, 0.25) is 0 Å². The molecule has 0 spiro atoms. The van der Waals surface area contributed by atoms with Crippen LogP contribution in [0.25, 0.3) is 0 Å². The minimum absolute atomic E-state index is 0.108. The number of hydrogen-bond donors (Lipinski definition) is 3. The summed E-state index contributed by atoms with van der Waals surface area (Å²) in [7, 11) is 0. The summed E-state index contributed by atoms with van der Waals surface area (Å²) < 4.78 is 4.52. The molecule has 0 bridgehead atoms.